The van der Waals surface area contributed by atoms with Gasteiger partial charge in [-0.2, -0.15) is 0 Å². The summed E-state index contributed by atoms with van der Waals surface area (Å²) in [7, 11) is 0. The molecule has 5 nitrogen and oxygen atoms in total. The number of halogens is 1. The van der Waals surface area contributed by atoms with E-state index in [1.165, 1.54) is 4.68 Å². The van der Waals surface area contributed by atoms with E-state index in [1.807, 2.05) is 30.3 Å². The maximum absolute atomic E-state index is 12.4. The first kappa shape index (κ1) is 13.0. The molecule has 0 saturated carbocycles. The molecule has 6 heteroatoms. The van der Waals surface area contributed by atoms with Crippen molar-refractivity contribution in [2.75, 3.05) is 12.4 Å². The van der Waals surface area contributed by atoms with Gasteiger partial charge < -0.3 is 4.90 Å². The number of nitrogens with zero attached hydrogens (tertiary/aromatic N) is 2. The average molecular weight is 292 g/mol. The minimum atomic E-state index is -0.135. The molecule has 0 radical (unpaired) electrons. The van der Waals surface area contributed by atoms with E-state index < -0.39 is 0 Å². The first-order valence-electron chi connectivity index (χ1n) is 6.42. The van der Waals surface area contributed by atoms with Crippen LogP contribution in [0.5, 0.6) is 0 Å². The summed E-state index contributed by atoms with van der Waals surface area (Å²) in [5.74, 6) is -0.184. The molecule has 104 valence electrons. The summed E-state index contributed by atoms with van der Waals surface area (Å²) in [5.41, 5.74) is 2.25. The lowest BCUT2D eigenvalue weighted by Gasteiger charge is -2.25. The van der Waals surface area contributed by atoms with Crippen LogP contribution >= 0.6 is 11.6 Å². The Labute approximate surface area is 120 Å². The van der Waals surface area contributed by atoms with E-state index in [-0.39, 0.29) is 17.3 Å². The number of aromatic nitrogens is 2. The minimum absolute atomic E-state index is 0.0490. The van der Waals surface area contributed by atoms with Crippen LogP contribution in [0, 0.1) is 0 Å². The third-order valence-corrected chi connectivity index (χ3v) is 3.76. The van der Waals surface area contributed by atoms with E-state index in [2.05, 4.69) is 5.10 Å². The molecule has 1 aliphatic rings. The number of fused-ring (bicyclic) bond motifs is 1. The number of hydrogen-bond donors (Lipinski definition) is 1. The second-order valence-electron chi connectivity index (χ2n) is 4.74. The smallest absolute Gasteiger partial charge is 0.276 e. The Morgan fingerprint density at radius 1 is 1.30 bits per heavy atom. The number of hydrogen-bond acceptors (Lipinski definition) is 2. The molecule has 3 rings (SSSR count). The molecule has 2 heterocycles. The molecule has 0 saturated heterocycles. The van der Waals surface area contributed by atoms with Crippen LogP contribution < -0.4 is 5.56 Å². The summed E-state index contributed by atoms with van der Waals surface area (Å²) >= 11 is 5.57. The van der Waals surface area contributed by atoms with E-state index in [0.717, 1.165) is 11.4 Å². The first-order chi connectivity index (χ1) is 9.70. The molecule has 1 N–H and O–H groups in total. The molecule has 1 aromatic carbocycles. The number of benzene rings is 1. The molecule has 20 heavy (non-hydrogen) atoms. The van der Waals surface area contributed by atoms with Crippen molar-refractivity contribution in [1.29, 1.82) is 0 Å². The van der Waals surface area contributed by atoms with E-state index in [1.54, 1.807) is 4.90 Å². The second kappa shape index (κ2) is 5.17. The van der Waals surface area contributed by atoms with Gasteiger partial charge in [-0.1, -0.05) is 18.2 Å². The van der Waals surface area contributed by atoms with Crippen molar-refractivity contribution in [3.05, 3.63) is 51.9 Å². The van der Waals surface area contributed by atoms with Gasteiger partial charge in [0.05, 0.1) is 17.8 Å². The van der Waals surface area contributed by atoms with Gasteiger partial charge in [-0.05, 0) is 12.1 Å². The number of rotatable bonds is 2. The molecular weight excluding hydrogens is 278 g/mol. The lowest BCUT2D eigenvalue weighted by atomic mass is 10.1. The third-order valence-electron chi connectivity index (χ3n) is 3.53. The fourth-order valence-electron chi connectivity index (χ4n) is 2.46. The Bertz CT molecular complexity index is 690. The van der Waals surface area contributed by atoms with Crippen LogP contribution in [0.15, 0.2) is 35.1 Å². The Morgan fingerprint density at radius 2 is 2.05 bits per heavy atom. The first-order valence-corrected chi connectivity index (χ1v) is 6.96. The standard InChI is InChI=1S/C14H14ClN3O2/c15-8-13(19)17-7-6-12-11(9-17)14(20)18(16-12)10-4-2-1-3-5-10/h1-5,16H,6-9H2. The lowest BCUT2D eigenvalue weighted by molar-refractivity contribution is -0.129. The molecule has 1 aliphatic heterocycles. The third kappa shape index (κ3) is 2.14. The van der Waals surface area contributed by atoms with Crippen molar-refractivity contribution in [3.63, 3.8) is 0 Å². The summed E-state index contributed by atoms with van der Waals surface area (Å²) in [5, 5.41) is 3.13. The summed E-state index contributed by atoms with van der Waals surface area (Å²) in [6.07, 6.45) is 0.646. The van der Waals surface area contributed by atoms with Gasteiger partial charge in [0.1, 0.15) is 5.88 Å². The number of alkyl halides is 1. The summed E-state index contributed by atoms with van der Waals surface area (Å²) in [4.78, 5) is 25.7. The van der Waals surface area contributed by atoms with Crippen LogP contribution in [-0.4, -0.2) is 33.0 Å². The largest absolute Gasteiger partial charge is 0.337 e. The number of nitrogens with one attached hydrogen (secondary N) is 1. The van der Waals surface area contributed by atoms with Crippen LogP contribution in [-0.2, 0) is 17.8 Å². The van der Waals surface area contributed by atoms with Gasteiger partial charge in [0.2, 0.25) is 5.91 Å². The van der Waals surface area contributed by atoms with Gasteiger partial charge in [-0.25, -0.2) is 4.68 Å². The Hall–Kier alpha value is -2.01. The zero-order chi connectivity index (χ0) is 14.1. The molecule has 1 aromatic heterocycles. The van der Waals surface area contributed by atoms with Gasteiger partial charge in [-0.3, -0.25) is 14.7 Å². The van der Waals surface area contributed by atoms with Crippen LogP contribution in [0.25, 0.3) is 5.69 Å². The zero-order valence-corrected chi connectivity index (χ0v) is 11.6. The molecule has 0 bridgehead atoms. The monoisotopic (exact) mass is 291 g/mol. The topological polar surface area (TPSA) is 58.1 Å². The summed E-state index contributed by atoms with van der Waals surface area (Å²) in [6.45, 7) is 0.920. The highest BCUT2D eigenvalue weighted by molar-refractivity contribution is 6.27. The van der Waals surface area contributed by atoms with Crippen LogP contribution in [0.4, 0.5) is 0 Å². The maximum atomic E-state index is 12.4. The molecule has 0 atom stereocenters. The molecule has 0 fully saturated rings. The van der Waals surface area contributed by atoms with Gasteiger partial charge in [-0.15, -0.1) is 11.6 Å². The number of H-pyrrole nitrogens is 1. The van der Waals surface area contributed by atoms with Crippen molar-refractivity contribution in [2.24, 2.45) is 0 Å². The number of amides is 1. The predicted octanol–water partition coefficient (Wildman–Crippen LogP) is 1.29. The lowest BCUT2D eigenvalue weighted by Crippen LogP contribution is -2.38. The number of para-hydroxylation sites is 1. The van der Waals surface area contributed by atoms with E-state index >= 15 is 0 Å². The van der Waals surface area contributed by atoms with Crippen molar-refractivity contribution in [1.82, 2.24) is 14.7 Å². The van der Waals surface area contributed by atoms with Crippen molar-refractivity contribution < 1.29 is 4.79 Å². The van der Waals surface area contributed by atoms with Crippen molar-refractivity contribution in [2.45, 2.75) is 13.0 Å². The highest BCUT2D eigenvalue weighted by atomic mass is 35.5. The molecule has 0 unspecified atom stereocenters. The summed E-state index contributed by atoms with van der Waals surface area (Å²) in [6, 6.07) is 9.39. The van der Waals surface area contributed by atoms with Gasteiger partial charge in [0, 0.05) is 18.7 Å². The van der Waals surface area contributed by atoms with Crippen LogP contribution in [0.2, 0.25) is 0 Å². The maximum Gasteiger partial charge on any atom is 0.276 e. The zero-order valence-electron chi connectivity index (χ0n) is 10.8. The van der Waals surface area contributed by atoms with Gasteiger partial charge in [0.25, 0.3) is 5.56 Å². The highest BCUT2D eigenvalue weighted by Gasteiger charge is 2.25. The number of carbonyl (C=O) groups excluding carboxylic acids is 1. The predicted molar refractivity (Wildman–Crippen MR) is 76.2 cm³/mol. The molecule has 0 aliphatic carbocycles. The van der Waals surface area contributed by atoms with Crippen LogP contribution in [0.3, 0.4) is 0 Å². The van der Waals surface area contributed by atoms with E-state index in [4.69, 9.17) is 11.6 Å². The number of aromatic amines is 1. The Morgan fingerprint density at radius 3 is 2.75 bits per heavy atom. The van der Waals surface area contributed by atoms with E-state index in [9.17, 15) is 9.59 Å². The van der Waals surface area contributed by atoms with Crippen LogP contribution in [0.1, 0.15) is 11.3 Å². The Kier molecular flexibility index (Phi) is 3.36. The quantitative estimate of drug-likeness (QED) is 0.848. The van der Waals surface area contributed by atoms with Gasteiger partial charge in [0.15, 0.2) is 0 Å². The van der Waals surface area contributed by atoms with Gasteiger partial charge >= 0.3 is 0 Å². The molecule has 1 amide bonds. The fourth-order valence-corrected chi connectivity index (χ4v) is 2.63. The fraction of sp³-hybridized carbons (Fsp3) is 0.286. The molecular formula is C14H14ClN3O2. The summed E-state index contributed by atoms with van der Waals surface area (Å²) < 4.78 is 1.53. The number of carbonyl (C=O) groups is 1. The normalized spacial score (nSPS) is 14.2. The average Bonchev–Trinajstić information content (AvgIpc) is 2.84. The Balaban J connectivity index is 1.99. The minimum Gasteiger partial charge on any atom is -0.337 e. The van der Waals surface area contributed by atoms with Crippen molar-refractivity contribution >= 4 is 17.5 Å². The molecule has 0 spiro atoms. The highest BCUT2D eigenvalue weighted by Crippen LogP contribution is 2.16. The molecule has 2 aromatic rings. The SMILES string of the molecule is O=C(CCl)N1CCc2[nH]n(-c3ccccc3)c(=O)c2C1. The van der Waals surface area contributed by atoms with E-state index in [0.29, 0.717) is 25.1 Å². The van der Waals surface area contributed by atoms with Crippen molar-refractivity contribution in [3.8, 4) is 5.69 Å². The second-order valence-corrected chi connectivity index (χ2v) is 5.01.